The average molecular weight is 386 g/mol. The van der Waals surface area contributed by atoms with Gasteiger partial charge in [-0.1, -0.05) is 37.3 Å². The number of amides is 1. The van der Waals surface area contributed by atoms with Gasteiger partial charge in [-0.05, 0) is 43.0 Å². The molecule has 1 aliphatic heterocycles. The van der Waals surface area contributed by atoms with Crippen LogP contribution >= 0.6 is 0 Å². The number of pyridine rings is 1. The molecule has 2 aromatic heterocycles. The van der Waals surface area contributed by atoms with Crippen molar-refractivity contribution in [3.8, 4) is 11.4 Å². The van der Waals surface area contributed by atoms with Gasteiger partial charge in [0.05, 0.1) is 5.92 Å². The second-order valence-electron chi connectivity index (χ2n) is 7.54. The summed E-state index contributed by atoms with van der Waals surface area (Å²) in [5.41, 5.74) is 3.07. The van der Waals surface area contributed by atoms with Crippen LogP contribution in [0.2, 0.25) is 0 Å². The van der Waals surface area contributed by atoms with Crippen LogP contribution < -0.4 is 0 Å². The minimum atomic E-state index is -0.0762. The van der Waals surface area contributed by atoms with Crippen LogP contribution in [0, 0.1) is 0 Å². The molecule has 5 nitrogen and oxygen atoms in total. The van der Waals surface area contributed by atoms with Gasteiger partial charge >= 0.3 is 0 Å². The van der Waals surface area contributed by atoms with Gasteiger partial charge in [-0.2, -0.15) is 0 Å². The quantitative estimate of drug-likeness (QED) is 0.650. The van der Waals surface area contributed by atoms with Crippen molar-refractivity contribution >= 4 is 5.91 Å². The predicted octanol–water partition coefficient (Wildman–Crippen LogP) is 4.44. The van der Waals surface area contributed by atoms with Crippen LogP contribution in [-0.4, -0.2) is 38.8 Å². The number of aromatic nitrogens is 3. The number of carbonyl (C=O) groups is 1. The molecule has 1 aliphatic rings. The third kappa shape index (κ3) is 4.34. The molecule has 1 saturated heterocycles. The summed E-state index contributed by atoms with van der Waals surface area (Å²) in [7, 11) is 0. The molecule has 1 amide bonds. The van der Waals surface area contributed by atoms with Gasteiger partial charge in [0, 0.05) is 48.9 Å². The van der Waals surface area contributed by atoms with E-state index in [1.165, 1.54) is 0 Å². The van der Waals surface area contributed by atoms with E-state index in [4.69, 9.17) is 4.98 Å². The summed E-state index contributed by atoms with van der Waals surface area (Å²) in [6.45, 7) is 3.62. The van der Waals surface area contributed by atoms with Crippen LogP contribution in [0.3, 0.4) is 0 Å². The highest BCUT2D eigenvalue weighted by Crippen LogP contribution is 2.30. The molecule has 0 aliphatic carbocycles. The van der Waals surface area contributed by atoms with Gasteiger partial charge in [0.1, 0.15) is 0 Å². The smallest absolute Gasteiger partial charge is 0.230 e. The maximum absolute atomic E-state index is 13.3. The van der Waals surface area contributed by atoms with Crippen LogP contribution in [0.4, 0.5) is 0 Å². The number of piperidine rings is 1. The molecule has 0 unspecified atom stereocenters. The molecule has 0 radical (unpaired) electrons. The number of rotatable bonds is 5. The van der Waals surface area contributed by atoms with E-state index in [0.717, 1.165) is 49.2 Å². The SMILES string of the molecule is CC[C@@H](C(=O)N1CCC[C@H](c2ccnc(-c3ccncc3)n2)C1)c1ccccc1. The number of benzene rings is 1. The topological polar surface area (TPSA) is 59.0 Å². The number of hydrogen-bond acceptors (Lipinski definition) is 4. The summed E-state index contributed by atoms with van der Waals surface area (Å²) in [5, 5.41) is 0. The molecule has 0 bridgehead atoms. The Morgan fingerprint density at radius 1 is 1.10 bits per heavy atom. The molecule has 3 heterocycles. The van der Waals surface area contributed by atoms with Gasteiger partial charge in [-0.3, -0.25) is 9.78 Å². The van der Waals surface area contributed by atoms with Gasteiger partial charge in [0.25, 0.3) is 0 Å². The van der Waals surface area contributed by atoms with Gasteiger partial charge in [0.15, 0.2) is 5.82 Å². The van der Waals surface area contributed by atoms with Crippen molar-refractivity contribution in [3.63, 3.8) is 0 Å². The molecule has 148 valence electrons. The zero-order valence-corrected chi connectivity index (χ0v) is 16.7. The zero-order chi connectivity index (χ0) is 20.1. The molecular weight excluding hydrogens is 360 g/mol. The fraction of sp³-hybridized carbons (Fsp3) is 0.333. The van der Waals surface area contributed by atoms with Crippen molar-refractivity contribution < 1.29 is 4.79 Å². The van der Waals surface area contributed by atoms with Gasteiger partial charge in [-0.15, -0.1) is 0 Å². The van der Waals surface area contributed by atoms with Crippen molar-refractivity contribution in [1.82, 2.24) is 19.9 Å². The molecule has 1 fully saturated rings. The highest BCUT2D eigenvalue weighted by atomic mass is 16.2. The van der Waals surface area contributed by atoms with E-state index in [-0.39, 0.29) is 17.7 Å². The first kappa shape index (κ1) is 19.2. The van der Waals surface area contributed by atoms with Crippen LogP contribution in [0.1, 0.15) is 49.3 Å². The molecule has 29 heavy (non-hydrogen) atoms. The summed E-state index contributed by atoms with van der Waals surface area (Å²) < 4.78 is 0. The minimum absolute atomic E-state index is 0.0762. The van der Waals surface area contributed by atoms with E-state index in [9.17, 15) is 4.79 Å². The Bertz CT molecular complexity index is 945. The molecule has 0 spiro atoms. The Kier molecular flexibility index (Phi) is 5.94. The molecule has 0 saturated carbocycles. The normalized spacial score (nSPS) is 17.7. The number of hydrogen-bond donors (Lipinski definition) is 0. The van der Waals surface area contributed by atoms with Crippen molar-refractivity contribution in [2.75, 3.05) is 13.1 Å². The fourth-order valence-corrected chi connectivity index (χ4v) is 4.12. The van der Waals surface area contributed by atoms with Crippen molar-refractivity contribution in [1.29, 1.82) is 0 Å². The van der Waals surface area contributed by atoms with E-state index in [1.807, 2.05) is 47.5 Å². The highest BCUT2D eigenvalue weighted by molar-refractivity contribution is 5.83. The lowest BCUT2D eigenvalue weighted by Crippen LogP contribution is -2.41. The maximum Gasteiger partial charge on any atom is 0.230 e. The monoisotopic (exact) mass is 386 g/mol. The summed E-state index contributed by atoms with van der Waals surface area (Å²) in [6.07, 6.45) is 8.16. The Morgan fingerprint density at radius 3 is 2.66 bits per heavy atom. The second-order valence-corrected chi connectivity index (χ2v) is 7.54. The molecular formula is C24H26N4O. The first-order valence-corrected chi connectivity index (χ1v) is 10.3. The summed E-state index contributed by atoms with van der Waals surface area (Å²) >= 11 is 0. The van der Waals surface area contributed by atoms with Gasteiger partial charge < -0.3 is 4.90 Å². The average Bonchev–Trinajstić information content (AvgIpc) is 2.81. The fourth-order valence-electron chi connectivity index (χ4n) is 4.12. The molecule has 4 rings (SSSR count). The van der Waals surface area contributed by atoms with E-state index < -0.39 is 0 Å². The number of carbonyl (C=O) groups excluding carboxylic acids is 1. The molecule has 5 heteroatoms. The van der Waals surface area contributed by atoms with E-state index in [0.29, 0.717) is 5.82 Å². The molecule has 0 N–H and O–H groups in total. The molecule has 2 atom stereocenters. The Morgan fingerprint density at radius 2 is 1.90 bits per heavy atom. The van der Waals surface area contributed by atoms with Crippen LogP contribution in [0.15, 0.2) is 67.1 Å². The maximum atomic E-state index is 13.3. The van der Waals surface area contributed by atoms with E-state index in [2.05, 4.69) is 29.0 Å². The van der Waals surface area contributed by atoms with E-state index >= 15 is 0 Å². The molecule has 3 aromatic rings. The largest absolute Gasteiger partial charge is 0.342 e. The minimum Gasteiger partial charge on any atom is -0.342 e. The summed E-state index contributed by atoms with van der Waals surface area (Å²) in [6, 6.07) is 15.9. The van der Waals surface area contributed by atoms with Crippen LogP contribution in [0.5, 0.6) is 0 Å². The van der Waals surface area contributed by atoms with Crippen molar-refractivity contribution in [2.24, 2.45) is 0 Å². The van der Waals surface area contributed by atoms with Crippen molar-refractivity contribution in [3.05, 3.63) is 78.4 Å². The Hall–Kier alpha value is -3.08. The molecule has 1 aromatic carbocycles. The Labute approximate surface area is 171 Å². The van der Waals surface area contributed by atoms with Crippen molar-refractivity contribution in [2.45, 2.75) is 38.0 Å². The summed E-state index contributed by atoms with van der Waals surface area (Å²) in [4.78, 5) is 28.6. The number of nitrogens with zero attached hydrogens (tertiary/aromatic N) is 4. The lowest BCUT2D eigenvalue weighted by atomic mass is 9.90. The number of likely N-dealkylation sites (tertiary alicyclic amines) is 1. The zero-order valence-electron chi connectivity index (χ0n) is 16.7. The van der Waals surface area contributed by atoms with Gasteiger partial charge in [-0.25, -0.2) is 9.97 Å². The van der Waals surface area contributed by atoms with Crippen LogP contribution in [0.25, 0.3) is 11.4 Å². The Balaban J connectivity index is 1.52. The lowest BCUT2D eigenvalue weighted by molar-refractivity contribution is -0.134. The standard InChI is InChI=1S/C24H26N4O/c1-2-21(18-7-4-3-5-8-18)24(29)28-16-6-9-20(17-28)22-12-15-26-23(27-22)19-10-13-25-14-11-19/h3-5,7-8,10-15,20-21H,2,6,9,16-17H2,1H3/t20-,21+/m0/s1. The lowest BCUT2D eigenvalue weighted by Gasteiger charge is -2.35. The predicted molar refractivity (Wildman–Crippen MR) is 113 cm³/mol. The third-order valence-electron chi connectivity index (χ3n) is 5.68. The third-order valence-corrected chi connectivity index (χ3v) is 5.68. The first-order chi connectivity index (χ1) is 14.3. The first-order valence-electron chi connectivity index (χ1n) is 10.3. The van der Waals surface area contributed by atoms with E-state index in [1.54, 1.807) is 12.4 Å². The van der Waals surface area contributed by atoms with Gasteiger partial charge in [0.2, 0.25) is 5.91 Å². The highest BCUT2D eigenvalue weighted by Gasteiger charge is 2.30. The van der Waals surface area contributed by atoms with Crippen LogP contribution in [-0.2, 0) is 4.79 Å². The second kappa shape index (κ2) is 8.95. The summed E-state index contributed by atoms with van der Waals surface area (Å²) in [5.74, 6) is 1.10.